The number of carbonyl (C=O) groups excluding carboxylic acids is 1. The largest absolute Gasteiger partial charge is 0.396 e. The number of aliphatic hydroxyl groups excluding tert-OH is 1. The van der Waals surface area contributed by atoms with Crippen LogP contribution < -0.4 is 5.73 Å². The van der Waals surface area contributed by atoms with E-state index in [0.29, 0.717) is 6.42 Å². The number of carbonyl (C=O) groups is 1. The molecular formula is C10H13NO2. The van der Waals surface area contributed by atoms with Crippen LogP contribution in [0.25, 0.3) is 0 Å². The predicted octanol–water partition coefficient (Wildman–Crippen LogP) is 0.638. The van der Waals surface area contributed by atoms with Gasteiger partial charge in [-0.3, -0.25) is 4.79 Å². The van der Waals surface area contributed by atoms with Crippen molar-refractivity contribution >= 4 is 5.91 Å². The van der Waals surface area contributed by atoms with Gasteiger partial charge in [0.05, 0.1) is 5.92 Å². The maximum absolute atomic E-state index is 11.0. The first kappa shape index (κ1) is 9.74. The molecule has 0 aromatic heterocycles. The van der Waals surface area contributed by atoms with Gasteiger partial charge in [-0.15, -0.1) is 0 Å². The van der Waals surface area contributed by atoms with Crippen LogP contribution in [-0.2, 0) is 4.79 Å². The molecule has 0 aliphatic rings. The van der Waals surface area contributed by atoms with E-state index in [4.69, 9.17) is 10.8 Å². The average Bonchev–Trinajstić information content (AvgIpc) is 2.15. The van der Waals surface area contributed by atoms with Gasteiger partial charge in [0.25, 0.3) is 0 Å². The molecule has 1 aromatic carbocycles. The minimum atomic E-state index is -0.389. The number of nitrogens with two attached hydrogens (primary N) is 1. The summed E-state index contributed by atoms with van der Waals surface area (Å²) in [5.74, 6) is -0.758. The highest BCUT2D eigenvalue weighted by Crippen LogP contribution is 2.17. The number of rotatable bonds is 4. The van der Waals surface area contributed by atoms with E-state index in [-0.39, 0.29) is 18.4 Å². The minimum absolute atomic E-state index is 0.0253. The lowest BCUT2D eigenvalue weighted by atomic mass is 9.96. The Bertz CT molecular complexity index is 272. The van der Waals surface area contributed by atoms with Crippen LogP contribution in [0, 0.1) is 0 Å². The van der Waals surface area contributed by atoms with Gasteiger partial charge in [-0.1, -0.05) is 30.3 Å². The van der Waals surface area contributed by atoms with Crippen molar-refractivity contribution in [2.75, 3.05) is 6.61 Å². The topological polar surface area (TPSA) is 63.3 Å². The summed E-state index contributed by atoms with van der Waals surface area (Å²) in [5.41, 5.74) is 6.07. The molecule has 0 radical (unpaired) electrons. The molecule has 1 atom stereocenters. The maximum atomic E-state index is 11.0. The van der Waals surface area contributed by atoms with Gasteiger partial charge in [-0.05, 0) is 12.0 Å². The van der Waals surface area contributed by atoms with Crippen molar-refractivity contribution in [2.45, 2.75) is 12.3 Å². The van der Waals surface area contributed by atoms with E-state index in [9.17, 15) is 4.79 Å². The third-order valence-electron chi connectivity index (χ3n) is 1.96. The Balaban J connectivity index is 2.82. The van der Waals surface area contributed by atoms with Crippen molar-refractivity contribution in [3.05, 3.63) is 35.9 Å². The Morgan fingerprint density at radius 1 is 1.38 bits per heavy atom. The molecule has 3 nitrogen and oxygen atoms in total. The van der Waals surface area contributed by atoms with Crippen molar-refractivity contribution in [3.8, 4) is 0 Å². The lowest BCUT2D eigenvalue weighted by Gasteiger charge is -2.11. The van der Waals surface area contributed by atoms with Crippen molar-refractivity contribution in [1.29, 1.82) is 0 Å². The van der Waals surface area contributed by atoms with E-state index in [1.807, 2.05) is 30.3 Å². The lowest BCUT2D eigenvalue weighted by Crippen LogP contribution is -2.22. The predicted molar refractivity (Wildman–Crippen MR) is 50.1 cm³/mol. The standard InChI is InChI=1S/C10H13NO2/c11-10(13)9(6-7-12)8-4-2-1-3-5-8/h1-5,9,12H,6-7H2,(H2,11,13). The van der Waals surface area contributed by atoms with E-state index < -0.39 is 0 Å². The molecule has 1 amide bonds. The quantitative estimate of drug-likeness (QED) is 0.712. The summed E-state index contributed by atoms with van der Waals surface area (Å²) in [7, 11) is 0. The van der Waals surface area contributed by atoms with Gasteiger partial charge < -0.3 is 10.8 Å². The Morgan fingerprint density at radius 3 is 2.46 bits per heavy atom. The SMILES string of the molecule is NC(=O)C(CCO)c1ccccc1. The number of hydrogen-bond acceptors (Lipinski definition) is 2. The van der Waals surface area contributed by atoms with E-state index in [1.54, 1.807) is 0 Å². The Morgan fingerprint density at radius 2 is 2.00 bits per heavy atom. The van der Waals surface area contributed by atoms with Gasteiger partial charge in [-0.25, -0.2) is 0 Å². The molecule has 1 aromatic rings. The molecule has 1 unspecified atom stereocenters. The molecular weight excluding hydrogens is 166 g/mol. The van der Waals surface area contributed by atoms with Gasteiger partial charge in [0.1, 0.15) is 0 Å². The second kappa shape index (κ2) is 4.62. The minimum Gasteiger partial charge on any atom is -0.396 e. The lowest BCUT2D eigenvalue weighted by molar-refractivity contribution is -0.119. The van der Waals surface area contributed by atoms with Gasteiger partial charge >= 0.3 is 0 Å². The summed E-state index contributed by atoms with van der Waals surface area (Å²) in [4.78, 5) is 11.0. The van der Waals surface area contributed by atoms with E-state index in [1.165, 1.54) is 0 Å². The number of amides is 1. The highest BCUT2D eigenvalue weighted by atomic mass is 16.3. The molecule has 0 fully saturated rings. The van der Waals surface area contributed by atoms with Crippen molar-refractivity contribution < 1.29 is 9.90 Å². The first-order chi connectivity index (χ1) is 6.25. The molecule has 0 spiro atoms. The fourth-order valence-corrected chi connectivity index (χ4v) is 1.29. The van der Waals surface area contributed by atoms with Gasteiger partial charge in [0.2, 0.25) is 5.91 Å². The van der Waals surface area contributed by atoms with Gasteiger partial charge in [0.15, 0.2) is 0 Å². The van der Waals surface area contributed by atoms with Crippen LogP contribution in [0.2, 0.25) is 0 Å². The molecule has 3 N–H and O–H groups in total. The monoisotopic (exact) mass is 179 g/mol. The van der Waals surface area contributed by atoms with Crippen LogP contribution in [0.4, 0.5) is 0 Å². The third-order valence-corrected chi connectivity index (χ3v) is 1.96. The Labute approximate surface area is 77.2 Å². The Kier molecular flexibility index (Phi) is 3.46. The number of primary amides is 1. The normalized spacial score (nSPS) is 12.4. The van der Waals surface area contributed by atoms with Crippen LogP contribution in [0.3, 0.4) is 0 Å². The number of aliphatic hydroxyl groups is 1. The summed E-state index contributed by atoms with van der Waals surface area (Å²) < 4.78 is 0. The maximum Gasteiger partial charge on any atom is 0.225 e. The highest BCUT2D eigenvalue weighted by Gasteiger charge is 2.15. The molecule has 70 valence electrons. The van der Waals surface area contributed by atoms with E-state index >= 15 is 0 Å². The van der Waals surface area contributed by atoms with Crippen LogP contribution in [-0.4, -0.2) is 17.6 Å². The second-order valence-corrected chi connectivity index (χ2v) is 2.88. The first-order valence-corrected chi connectivity index (χ1v) is 4.21. The molecule has 0 heterocycles. The summed E-state index contributed by atoms with van der Waals surface area (Å²) in [6.07, 6.45) is 0.388. The third kappa shape index (κ3) is 2.56. The van der Waals surface area contributed by atoms with Crippen LogP contribution in [0.5, 0.6) is 0 Å². The average molecular weight is 179 g/mol. The zero-order valence-corrected chi connectivity index (χ0v) is 7.31. The summed E-state index contributed by atoms with van der Waals surface area (Å²) in [6.45, 7) is -0.0253. The van der Waals surface area contributed by atoms with Crippen molar-refractivity contribution in [2.24, 2.45) is 5.73 Å². The fourth-order valence-electron chi connectivity index (χ4n) is 1.29. The van der Waals surface area contributed by atoms with Gasteiger partial charge in [0, 0.05) is 6.61 Å². The summed E-state index contributed by atoms with van der Waals surface area (Å²) >= 11 is 0. The van der Waals surface area contributed by atoms with Crippen molar-refractivity contribution in [3.63, 3.8) is 0 Å². The smallest absolute Gasteiger partial charge is 0.225 e. The summed E-state index contributed by atoms with van der Waals surface area (Å²) in [5, 5.41) is 8.74. The molecule has 13 heavy (non-hydrogen) atoms. The van der Waals surface area contributed by atoms with Crippen LogP contribution >= 0.6 is 0 Å². The number of benzene rings is 1. The first-order valence-electron chi connectivity index (χ1n) is 4.21. The summed E-state index contributed by atoms with van der Waals surface area (Å²) in [6, 6.07) is 9.25. The molecule has 0 aliphatic heterocycles. The van der Waals surface area contributed by atoms with Crippen molar-refractivity contribution in [1.82, 2.24) is 0 Å². The molecule has 0 saturated heterocycles. The Hall–Kier alpha value is -1.35. The van der Waals surface area contributed by atoms with E-state index in [0.717, 1.165) is 5.56 Å². The van der Waals surface area contributed by atoms with Gasteiger partial charge in [-0.2, -0.15) is 0 Å². The van der Waals surface area contributed by atoms with Crippen LogP contribution in [0.1, 0.15) is 17.9 Å². The fraction of sp³-hybridized carbons (Fsp3) is 0.300. The second-order valence-electron chi connectivity index (χ2n) is 2.88. The highest BCUT2D eigenvalue weighted by molar-refractivity contribution is 5.81. The molecule has 3 heteroatoms. The number of hydrogen-bond donors (Lipinski definition) is 2. The zero-order chi connectivity index (χ0) is 9.68. The molecule has 0 saturated carbocycles. The molecule has 1 rings (SSSR count). The van der Waals surface area contributed by atoms with Crippen LogP contribution in [0.15, 0.2) is 30.3 Å². The zero-order valence-electron chi connectivity index (χ0n) is 7.31. The van der Waals surface area contributed by atoms with E-state index in [2.05, 4.69) is 0 Å². The molecule has 0 bridgehead atoms. The molecule has 0 aliphatic carbocycles.